The maximum absolute atomic E-state index is 12.6. The van der Waals surface area contributed by atoms with Crippen LogP contribution in [0.25, 0.3) is 0 Å². The molecule has 1 aliphatic rings. The Kier molecular flexibility index (Phi) is 2.33. The van der Waals surface area contributed by atoms with Gasteiger partial charge in [0.1, 0.15) is 6.10 Å². The van der Waals surface area contributed by atoms with E-state index < -0.39 is 5.95 Å². The highest BCUT2D eigenvalue weighted by Gasteiger charge is 2.27. The van der Waals surface area contributed by atoms with E-state index in [1.807, 2.05) is 0 Å². The van der Waals surface area contributed by atoms with Crippen LogP contribution in [0.2, 0.25) is 0 Å². The summed E-state index contributed by atoms with van der Waals surface area (Å²) in [7, 11) is 0. The lowest BCUT2D eigenvalue weighted by Crippen LogP contribution is -2.48. The Morgan fingerprint density at radius 3 is 2.92 bits per heavy atom. The molecule has 0 radical (unpaired) electrons. The lowest BCUT2D eigenvalue weighted by molar-refractivity contribution is 0.0734. The van der Waals surface area contributed by atoms with Gasteiger partial charge in [0.2, 0.25) is 11.8 Å². The van der Waals surface area contributed by atoms with E-state index in [-0.39, 0.29) is 6.10 Å². The second-order valence-corrected chi connectivity index (χ2v) is 3.34. The van der Waals surface area contributed by atoms with E-state index in [9.17, 15) is 4.39 Å². The number of pyridine rings is 1. The van der Waals surface area contributed by atoms with E-state index in [0.717, 1.165) is 0 Å². The molecule has 1 saturated heterocycles. The summed E-state index contributed by atoms with van der Waals surface area (Å²) in [4.78, 5) is 3.57. The van der Waals surface area contributed by atoms with E-state index in [4.69, 9.17) is 16.5 Å². The molecule has 0 aromatic carbocycles. The lowest BCUT2D eigenvalue weighted by Gasteiger charge is -2.32. The van der Waals surface area contributed by atoms with Gasteiger partial charge in [0.25, 0.3) is 0 Å². The third kappa shape index (κ3) is 2.08. The molecule has 0 amide bonds. The second kappa shape index (κ2) is 3.47. The number of aromatic nitrogens is 1. The first-order valence-corrected chi connectivity index (χ1v) is 4.28. The quantitative estimate of drug-likeness (QED) is 0.536. The Balaban J connectivity index is 1.94. The molecule has 2 heterocycles. The molecule has 0 N–H and O–H groups in total. The van der Waals surface area contributed by atoms with Crippen molar-refractivity contribution in [3.63, 3.8) is 0 Å². The van der Waals surface area contributed by atoms with Crippen molar-refractivity contribution in [3.05, 3.63) is 24.1 Å². The van der Waals surface area contributed by atoms with Gasteiger partial charge in [-0.2, -0.15) is 9.37 Å². The Labute approximate surface area is 80.2 Å². The van der Waals surface area contributed by atoms with Gasteiger partial charge in [-0.1, -0.05) is 6.07 Å². The molecule has 0 aliphatic carbocycles. The molecule has 0 spiro atoms. The van der Waals surface area contributed by atoms with E-state index in [1.165, 1.54) is 6.07 Å². The van der Waals surface area contributed by atoms with Crippen LogP contribution in [0.15, 0.2) is 18.2 Å². The van der Waals surface area contributed by atoms with Gasteiger partial charge in [0, 0.05) is 6.07 Å². The van der Waals surface area contributed by atoms with Gasteiger partial charge >= 0.3 is 0 Å². The highest BCUT2D eigenvalue weighted by Crippen LogP contribution is 2.17. The van der Waals surface area contributed by atoms with Crippen LogP contribution < -0.4 is 4.74 Å². The fourth-order valence-electron chi connectivity index (χ4n) is 1.09. The summed E-state index contributed by atoms with van der Waals surface area (Å²) < 4.78 is 19.5. The maximum atomic E-state index is 12.6. The van der Waals surface area contributed by atoms with Crippen molar-refractivity contribution < 1.29 is 9.13 Å². The molecule has 1 aromatic heterocycles. The van der Waals surface area contributed by atoms with E-state index in [2.05, 4.69) is 4.98 Å². The topological polar surface area (TPSA) is 25.4 Å². The molecule has 0 atom stereocenters. The van der Waals surface area contributed by atoms with Crippen LogP contribution >= 0.6 is 11.8 Å². The summed E-state index contributed by atoms with van der Waals surface area (Å²) in [5.74, 6) is -0.214. The zero-order valence-corrected chi connectivity index (χ0v) is 7.54. The number of halogens is 2. The van der Waals surface area contributed by atoms with Crippen molar-refractivity contribution >= 4 is 11.8 Å². The largest absolute Gasteiger partial charge is 0.471 e. The van der Waals surface area contributed by atoms with Gasteiger partial charge < -0.3 is 4.74 Å². The van der Waals surface area contributed by atoms with Crippen LogP contribution in [-0.2, 0) is 0 Å². The SMILES string of the molecule is Fc1cccc(OC2CN(Cl)C2)n1. The number of rotatable bonds is 2. The van der Waals surface area contributed by atoms with E-state index in [1.54, 1.807) is 16.6 Å². The lowest BCUT2D eigenvalue weighted by atomic mass is 10.2. The van der Waals surface area contributed by atoms with Crippen LogP contribution in [-0.4, -0.2) is 28.6 Å². The number of ether oxygens (including phenoxy) is 1. The second-order valence-electron chi connectivity index (χ2n) is 2.87. The van der Waals surface area contributed by atoms with Gasteiger partial charge in [-0.05, 0) is 17.8 Å². The number of nitrogens with zero attached hydrogens (tertiary/aromatic N) is 2. The molecule has 5 heteroatoms. The Morgan fingerprint density at radius 1 is 1.54 bits per heavy atom. The van der Waals surface area contributed by atoms with Gasteiger partial charge in [-0.3, -0.25) is 0 Å². The zero-order valence-electron chi connectivity index (χ0n) is 6.78. The van der Waals surface area contributed by atoms with E-state index in [0.29, 0.717) is 19.0 Å². The molecule has 1 fully saturated rings. The molecule has 2 rings (SSSR count). The summed E-state index contributed by atoms with van der Waals surface area (Å²) >= 11 is 5.60. The monoisotopic (exact) mass is 202 g/mol. The Bertz CT molecular complexity index is 304. The molecule has 13 heavy (non-hydrogen) atoms. The Morgan fingerprint density at radius 2 is 2.31 bits per heavy atom. The molecule has 70 valence electrons. The summed E-state index contributed by atoms with van der Waals surface area (Å²) in [6.07, 6.45) is 0.0341. The minimum Gasteiger partial charge on any atom is -0.471 e. The standard InChI is InChI=1S/C8H8ClFN2O/c9-12-4-6(5-12)13-8-3-1-2-7(10)11-8/h1-3,6H,4-5H2. The van der Waals surface area contributed by atoms with Crippen LogP contribution in [0.3, 0.4) is 0 Å². The van der Waals surface area contributed by atoms with Gasteiger partial charge in [0.15, 0.2) is 0 Å². The molecular weight excluding hydrogens is 195 g/mol. The van der Waals surface area contributed by atoms with Crippen LogP contribution in [0.1, 0.15) is 0 Å². The van der Waals surface area contributed by atoms with Crippen LogP contribution in [0.5, 0.6) is 5.88 Å². The van der Waals surface area contributed by atoms with Crippen molar-refractivity contribution in [2.45, 2.75) is 6.10 Å². The first-order chi connectivity index (χ1) is 6.24. The molecule has 0 unspecified atom stereocenters. The van der Waals surface area contributed by atoms with Gasteiger partial charge in [-0.15, -0.1) is 0 Å². The van der Waals surface area contributed by atoms with Crippen LogP contribution in [0, 0.1) is 5.95 Å². The van der Waals surface area contributed by atoms with Crippen molar-refractivity contribution in [1.29, 1.82) is 0 Å². The molecule has 0 bridgehead atoms. The van der Waals surface area contributed by atoms with Crippen molar-refractivity contribution in [2.24, 2.45) is 0 Å². The third-order valence-electron chi connectivity index (χ3n) is 1.78. The fraction of sp³-hybridized carbons (Fsp3) is 0.375. The molecule has 1 aromatic rings. The summed E-state index contributed by atoms with van der Waals surface area (Å²) in [5.41, 5.74) is 0. The summed E-state index contributed by atoms with van der Waals surface area (Å²) in [5, 5.41) is 0. The minimum atomic E-state index is -0.528. The summed E-state index contributed by atoms with van der Waals surface area (Å²) in [6.45, 7) is 1.31. The molecule has 3 nitrogen and oxygen atoms in total. The first kappa shape index (κ1) is 8.72. The molecule has 0 saturated carbocycles. The van der Waals surface area contributed by atoms with Gasteiger partial charge in [0.05, 0.1) is 13.1 Å². The number of hydrogen-bond donors (Lipinski definition) is 0. The minimum absolute atomic E-state index is 0.0341. The molecule has 1 aliphatic heterocycles. The maximum Gasteiger partial charge on any atom is 0.216 e. The number of hydrogen-bond acceptors (Lipinski definition) is 3. The average Bonchev–Trinajstić information content (AvgIpc) is 2.01. The normalized spacial score (nSPS) is 18.3. The Hall–Kier alpha value is -0.870. The van der Waals surface area contributed by atoms with Crippen molar-refractivity contribution in [3.8, 4) is 5.88 Å². The van der Waals surface area contributed by atoms with Crippen LogP contribution in [0.4, 0.5) is 4.39 Å². The van der Waals surface area contributed by atoms with Crippen molar-refractivity contribution in [1.82, 2.24) is 9.40 Å². The smallest absolute Gasteiger partial charge is 0.216 e. The third-order valence-corrected chi connectivity index (χ3v) is 2.06. The highest BCUT2D eigenvalue weighted by atomic mass is 35.5. The van der Waals surface area contributed by atoms with E-state index >= 15 is 0 Å². The predicted octanol–water partition coefficient (Wildman–Crippen LogP) is 1.44. The first-order valence-electron chi connectivity index (χ1n) is 3.94. The van der Waals surface area contributed by atoms with Crippen molar-refractivity contribution in [2.75, 3.05) is 13.1 Å². The highest BCUT2D eigenvalue weighted by molar-refractivity contribution is 6.13. The molecular formula is C8H8ClFN2O. The fourth-order valence-corrected chi connectivity index (χ4v) is 1.40. The predicted molar refractivity (Wildman–Crippen MR) is 46.0 cm³/mol. The zero-order chi connectivity index (χ0) is 9.26. The average molecular weight is 203 g/mol. The summed E-state index contributed by atoms with van der Waals surface area (Å²) in [6, 6.07) is 4.47. The van der Waals surface area contributed by atoms with Gasteiger partial charge in [-0.25, -0.2) is 4.42 Å².